The Bertz CT molecular complexity index is 892. The molecule has 0 N–H and O–H groups in total. The Morgan fingerprint density at radius 3 is 2.70 bits per heavy atom. The van der Waals surface area contributed by atoms with E-state index in [2.05, 4.69) is 16.8 Å². The van der Waals surface area contributed by atoms with Crippen molar-refractivity contribution in [3.8, 4) is 11.5 Å². The summed E-state index contributed by atoms with van der Waals surface area (Å²) in [6.07, 6.45) is 6.01. The number of nitrogens with zero attached hydrogens (tertiary/aromatic N) is 4. The molecule has 0 spiro atoms. The summed E-state index contributed by atoms with van der Waals surface area (Å²) in [4.78, 5) is 14.9. The van der Waals surface area contributed by atoms with E-state index in [1.807, 2.05) is 40.7 Å². The van der Waals surface area contributed by atoms with Crippen LogP contribution in [0.25, 0.3) is 0 Å². The first kappa shape index (κ1) is 20.8. The molecular weight excluding hydrogens is 400 g/mol. The van der Waals surface area contributed by atoms with Crippen molar-refractivity contribution in [1.82, 2.24) is 19.7 Å². The molecule has 1 amide bonds. The second-order valence-electron chi connectivity index (χ2n) is 7.60. The smallest absolute Gasteiger partial charge is 0.235 e. The molecule has 0 saturated carbocycles. The first-order chi connectivity index (χ1) is 14.7. The molecule has 160 valence electrons. The van der Waals surface area contributed by atoms with Crippen molar-refractivity contribution in [3.05, 3.63) is 42.7 Å². The highest BCUT2D eigenvalue weighted by molar-refractivity contribution is 8.00. The lowest BCUT2D eigenvalue weighted by Crippen LogP contribution is -2.37. The minimum atomic E-state index is -0.363. The van der Waals surface area contributed by atoms with Gasteiger partial charge in [-0.3, -0.25) is 9.36 Å². The fourth-order valence-corrected chi connectivity index (χ4v) is 4.78. The summed E-state index contributed by atoms with van der Waals surface area (Å²) in [7, 11) is 0. The van der Waals surface area contributed by atoms with Crippen molar-refractivity contribution < 1.29 is 14.3 Å². The molecular formula is C22H28N4O3S. The summed E-state index contributed by atoms with van der Waals surface area (Å²) < 4.78 is 13.9. The maximum atomic E-state index is 13.0. The zero-order chi connectivity index (χ0) is 20.9. The molecule has 2 aliphatic rings. The van der Waals surface area contributed by atoms with Gasteiger partial charge in [-0.2, -0.15) is 0 Å². The van der Waals surface area contributed by atoms with E-state index in [9.17, 15) is 4.79 Å². The second kappa shape index (κ2) is 9.55. The van der Waals surface area contributed by atoms with E-state index in [1.54, 1.807) is 6.08 Å². The van der Waals surface area contributed by atoms with Crippen LogP contribution in [-0.4, -0.2) is 50.5 Å². The van der Waals surface area contributed by atoms with Crippen LogP contribution in [0.5, 0.6) is 11.5 Å². The van der Waals surface area contributed by atoms with E-state index < -0.39 is 0 Å². The van der Waals surface area contributed by atoms with Crippen molar-refractivity contribution in [2.45, 2.75) is 55.7 Å². The van der Waals surface area contributed by atoms with Crippen molar-refractivity contribution in [2.24, 2.45) is 0 Å². The molecule has 2 atom stereocenters. The van der Waals surface area contributed by atoms with E-state index in [1.165, 1.54) is 24.6 Å². The average Bonchev–Trinajstić information content (AvgIpc) is 2.98. The lowest BCUT2D eigenvalue weighted by Gasteiger charge is -2.26. The Balaban J connectivity index is 1.50. The number of aromatic nitrogens is 3. The van der Waals surface area contributed by atoms with Gasteiger partial charge in [0.2, 0.25) is 5.91 Å². The van der Waals surface area contributed by atoms with Gasteiger partial charge in [0.05, 0.1) is 5.25 Å². The minimum Gasteiger partial charge on any atom is -0.485 e. The maximum absolute atomic E-state index is 13.0. The third kappa shape index (κ3) is 4.48. The molecule has 0 unspecified atom stereocenters. The van der Waals surface area contributed by atoms with Crippen LogP contribution in [0.3, 0.4) is 0 Å². The predicted molar refractivity (Wildman–Crippen MR) is 116 cm³/mol. The summed E-state index contributed by atoms with van der Waals surface area (Å²) in [5, 5.41) is 9.23. The van der Waals surface area contributed by atoms with Crippen LogP contribution >= 0.6 is 11.8 Å². The van der Waals surface area contributed by atoms with Crippen molar-refractivity contribution in [1.29, 1.82) is 0 Å². The zero-order valence-electron chi connectivity index (χ0n) is 17.3. The highest BCUT2D eigenvalue weighted by atomic mass is 32.2. The highest BCUT2D eigenvalue weighted by Crippen LogP contribution is 2.36. The SMILES string of the molecule is C=CCn1c(S[C@H](C)C(=O)N2CCCCCC2)nnc1[C@@H]1COc2ccccc2O1. The van der Waals surface area contributed by atoms with Gasteiger partial charge in [-0.1, -0.05) is 42.8 Å². The Morgan fingerprint density at radius 1 is 1.23 bits per heavy atom. The molecule has 1 aromatic heterocycles. The average molecular weight is 429 g/mol. The molecule has 1 saturated heterocycles. The van der Waals surface area contributed by atoms with E-state index in [0.717, 1.165) is 31.7 Å². The topological polar surface area (TPSA) is 69.5 Å². The molecule has 2 aliphatic heterocycles. The molecule has 2 aromatic rings. The molecule has 30 heavy (non-hydrogen) atoms. The zero-order valence-corrected chi connectivity index (χ0v) is 18.1. The standard InChI is InChI=1S/C22H28N4O3S/c1-3-12-26-20(19-15-28-17-10-6-7-11-18(17)29-19)23-24-22(26)30-16(2)21(27)25-13-8-4-5-9-14-25/h3,6-7,10-11,16,19H,1,4-5,8-9,12-15H2,2H3/t16-,19+/m1/s1. The van der Waals surface area contributed by atoms with Gasteiger partial charge in [0.25, 0.3) is 0 Å². The van der Waals surface area contributed by atoms with Crippen LogP contribution in [-0.2, 0) is 11.3 Å². The molecule has 1 fully saturated rings. The third-order valence-corrected chi connectivity index (χ3v) is 6.47. The van der Waals surface area contributed by atoms with Crippen LogP contribution in [0.2, 0.25) is 0 Å². The van der Waals surface area contributed by atoms with Crippen molar-refractivity contribution in [3.63, 3.8) is 0 Å². The molecule has 4 rings (SSSR count). The number of carbonyl (C=O) groups excluding carboxylic acids is 1. The predicted octanol–water partition coefficient (Wildman–Crippen LogP) is 3.86. The molecule has 0 bridgehead atoms. The van der Waals surface area contributed by atoms with Gasteiger partial charge in [0.15, 0.2) is 28.6 Å². The number of fused-ring (bicyclic) bond motifs is 1. The van der Waals surface area contributed by atoms with E-state index in [0.29, 0.717) is 29.9 Å². The van der Waals surface area contributed by atoms with Gasteiger partial charge in [0, 0.05) is 19.6 Å². The fraction of sp³-hybridized carbons (Fsp3) is 0.500. The van der Waals surface area contributed by atoms with E-state index >= 15 is 0 Å². The Labute approximate surface area is 181 Å². The molecule has 0 aliphatic carbocycles. The number of allylic oxidation sites excluding steroid dienone is 1. The van der Waals surface area contributed by atoms with Crippen LogP contribution in [0.4, 0.5) is 0 Å². The number of ether oxygens (including phenoxy) is 2. The van der Waals surface area contributed by atoms with Crippen LogP contribution in [0.15, 0.2) is 42.1 Å². The summed E-state index contributed by atoms with van der Waals surface area (Å²) in [5.74, 6) is 2.28. The van der Waals surface area contributed by atoms with Gasteiger partial charge in [-0.15, -0.1) is 16.8 Å². The van der Waals surface area contributed by atoms with Crippen molar-refractivity contribution >= 4 is 17.7 Å². The van der Waals surface area contributed by atoms with Crippen LogP contribution in [0.1, 0.15) is 44.5 Å². The quantitative estimate of drug-likeness (QED) is 0.514. The first-order valence-corrected chi connectivity index (χ1v) is 11.4. The fourth-order valence-electron chi connectivity index (χ4n) is 3.83. The number of carbonyl (C=O) groups is 1. The largest absolute Gasteiger partial charge is 0.485 e. The van der Waals surface area contributed by atoms with Gasteiger partial charge >= 0.3 is 0 Å². The minimum absolute atomic E-state index is 0.169. The van der Waals surface area contributed by atoms with Gasteiger partial charge in [0.1, 0.15) is 6.61 Å². The normalized spacial score (nSPS) is 19.8. The number of amides is 1. The lowest BCUT2D eigenvalue weighted by molar-refractivity contribution is -0.130. The van der Waals surface area contributed by atoms with Crippen molar-refractivity contribution in [2.75, 3.05) is 19.7 Å². The number of para-hydroxylation sites is 2. The number of hydrogen-bond donors (Lipinski definition) is 0. The maximum Gasteiger partial charge on any atom is 0.235 e. The number of benzene rings is 1. The van der Waals surface area contributed by atoms with Crippen LogP contribution < -0.4 is 9.47 Å². The Morgan fingerprint density at radius 2 is 1.97 bits per heavy atom. The second-order valence-corrected chi connectivity index (χ2v) is 8.91. The summed E-state index contributed by atoms with van der Waals surface area (Å²) in [5.41, 5.74) is 0. The Kier molecular flexibility index (Phi) is 6.62. The van der Waals surface area contributed by atoms with Gasteiger partial charge < -0.3 is 14.4 Å². The molecule has 1 aromatic carbocycles. The van der Waals surface area contributed by atoms with Gasteiger partial charge in [-0.25, -0.2) is 0 Å². The highest BCUT2D eigenvalue weighted by Gasteiger charge is 2.30. The molecule has 8 heteroatoms. The molecule has 7 nitrogen and oxygen atoms in total. The monoisotopic (exact) mass is 428 g/mol. The summed E-state index contributed by atoms with van der Waals surface area (Å²) >= 11 is 1.44. The van der Waals surface area contributed by atoms with E-state index in [4.69, 9.17) is 9.47 Å². The van der Waals surface area contributed by atoms with E-state index in [-0.39, 0.29) is 17.3 Å². The third-order valence-electron chi connectivity index (χ3n) is 5.40. The number of rotatable bonds is 6. The Hall–Kier alpha value is -2.48. The van der Waals surface area contributed by atoms with Crippen LogP contribution in [0, 0.1) is 0 Å². The summed E-state index contributed by atoms with van der Waals surface area (Å²) in [6.45, 7) is 8.40. The number of likely N-dealkylation sites (tertiary alicyclic amines) is 1. The number of hydrogen-bond acceptors (Lipinski definition) is 6. The van der Waals surface area contributed by atoms with Gasteiger partial charge in [-0.05, 0) is 31.9 Å². The molecule has 0 radical (unpaired) electrons. The number of thioether (sulfide) groups is 1. The first-order valence-electron chi connectivity index (χ1n) is 10.6. The summed E-state index contributed by atoms with van der Waals surface area (Å²) in [6, 6.07) is 7.60. The molecule has 3 heterocycles. The lowest BCUT2D eigenvalue weighted by atomic mass is 10.2.